The summed E-state index contributed by atoms with van der Waals surface area (Å²) in [6.45, 7) is 0. The lowest BCUT2D eigenvalue weighted by Gasteiger charge is -2.31. The van der Waals surface area contributed by atoms with Crippen molar-refractivity contribution < 1.29 is 26.6 Å². The number of nitrogens with two attached hydrogens (primary N) is 1. The van der Waals surface area contributed by atoms with Gasteiger partial charge >= 0.3 is 17.6 Å². The van der Waals surface area contributed by atoms with Crippen LogP contribution >= 0.6 is 0 Å². The van der Waals surface area contributed by atoms with Gasteiger partial charge in [0.2, 0.25) is 0 Å². The zero-order valence-corrected chi connectivity index (χ0v) is 14.0. The van der Waals surface area contributed by atoms with Gasteiger partial charge in [0.25, 0.3) is 0 Å². The van der Waals surface area contributed by atoms with Gasteiger partial charge in [0.15, 0.2) is 0 Å². The fourth-order valence-corrected chi connectivity index (χ4v) is 5.74. The second kappa shape index (κ2) is 8.35. The highest BCUT2D eigenvalue weighted by Gasteiger charge is 2.48. The molecule has 9 heteroatoms. The van der Waals surface area contributed by atoms with Crippen LogP contribution in [0.3, 0.4) is 0 Å². The van der Waals surface area contributed by atoms with E-state index in [4.69, 9.17) is 32.3 Å². The second-order valence-corrected chi connectivity index (χ2v) is 9.92. The van der Waals surface area contributed by atoms with Gasteiger partial charge in [-0.1, -0.05) is 0 Å². The maximum Gasteiger partial charge on any atom is 0.517 e. The Morgan fingerprint density at radius 1 is 0.778 bits per heavy atom. The molecule has 0 heterocycles. The van der Waals surface area contributed by atoms with Crippen LogP contribution in [0.4, 0.5) is 0 Å². The van der Waals surface area contributed by atoms with Gasteiger partial charge in [0.1, 0.15) is 0 Å². The molecule has 0 aromatic heterocycles. The standard InChI is InChI=1S/C9H25NO6Si2/c1-11-17(12-2,13-3)8-7-9(10)18(14-4,15-5)16-6/h9H,7-8,10H2,1-6H3. The maximum atomic E-state index is 6.10. The fourth-order valence-electron chi connectivity index (χ4n) is 1.77. The lowest BCUT2D eigenvalue weighted by atomic mass is 10.5. The van der Waals surface area contributed by atoms with Crippen molar-refractivity contribution in [1.29, 1.82) is 0 Å². The van der Waals surface area contributed by atoms with Gasteiger partial charge in [0, 0.05) is 48.7 Å². The molecule has 0 rings (SSSR count). The van der Waals surface area contributed by atoms with Gasteiger partial charge in [-0.3, -0.25) is 0 Å². The third-order valence-electron chi connectivity index (χ3n) is 3.00. The normalized spacial score (nSPS) is 14.8. The van der Waals surface area contributed by atoms with Crippen LogP contribution in [0.1, 0.15) is 6.42 Å². The Bertz CT molecular complexity index is 209. The Kier molecular flexibility index (Phi) is 8.42. The van der Waals surface area contributed by atoms with Crippen molar-refractivity contribution in [2.75, 3.05) is 42.7 Å². The van der Waals surface area contributed by atoms with E-state index in [-0.39, 0.29) is 5.67 Å². The van der Waals surface area contributed by atoms with Crippen molar-refractivity contribution in [1.82, 2.24) is 0 Å². The van der Waals surface area contributed by atoms with Crippen molar-refractivity contribution >= 4 is 17.6 Å². The average molecular weight is 299 g/mol. The first-order valence-electron chi connectivity index (χ1n) is 5.56. The monoisotopic (exact) mass is 299 g/mol. The van der Waals surface area contributed by atoms with E-state index in [1.165, 1.54) is 21.3 Å². The first-order valence-corrected chi connectivity index (χ1v) is 9.29. The molecule has 0 aliphatic carbocycles. The molecule has 2 N–H and O–H groups in total. The van der Waals surface area contributed by atoms with E-state index in [2.05, 4.69) is 0 Å². The number of hydrogen-bond donors (Lipinski definition) is 1. The summed E-state index contributed by atoms with van der Waals surface area (Å²) in [5.41, 5.74) is 5.74. The van der Waals surface area contributed by atoms with E-state index in [0.717, 1.165) is 0 Å². The zero-order chi connectivity index (χ0) is 14.2. The minimum absolute atomic E-state index is 0.357. The van der Waals surface area contributed by atoms with E-state index in [1.54, 1.807) is 21.3 Å². The van der Waals surface area contributed by atoms with Gasteiger partial charge in [0.05, 0.1) is 5.67 Å². The first-order chi connectivity index (χ1) is 8.49. The van der Waals surface area contributed by atoms with Crippen molar-refractivity contribution in [2.45, 2.75) is 18.1 Å². The van der Waals surface area contributed by atoms with Crippen LogP contribution in [0.25, 0.3) is 0 Å². The Morgan fingerprint density at radius 3 is 1.44 bits per heavy atom. The number of rotatable bonds is 10. The summed E-state index contributed by atoms with van der Waals surface area (Å²) in [5.74, 6) is 0. The van der Waals surface area contributed by atoms with Crippen molar-refractivity contribution in [3.63, 3.8) is 0 Å². The van der Waals surface area contributed by atoms with E-state index in [0.29, 0.717) is 12.5 Å². The van der Waals surface area contributed by atoms with Gasteiger partial charge < -0.3 is 32.3 Å². The summed E-state index contributed by atoms with van der Waals surface area (Å²) >= 11 is 0. The zero-order valence-electron chi connectivity index (χ0n) is 12.0. The van der Waals surface area contributed by atoms with Crippen molar-refractivity contribution in [3.8, 4) is 0 Å². The second-order valence-electron chi connectivity index (χ2n) is 3.66. The highest BCUT2D eigenvalue weighted by atomic mass is 28.4. The molecule has 0 saturated carbocycles. The molecular weight excluding hydrogens is 274 g/mol. The van der Waals surface area contributed by atoms with Crippen LogP contribution in [-0.4, -0.2) is 65.9 Å². The molecule has 0 aromatic carbocycles. The van der Waals surface area contributed by atoms with Crippen molar-refractivity contribution in [2.24, 2.45) is 5.73 Å². The molecule has 110 valence electrons. The predicted octanol–water partition coefficient (Wildman–Crippen LogP) is -0.000800. The Balaban J connectivity index is 4.60. The molecule has 0 spiro atoms. The van der Waals surface area contributed by atoms with Crippen LogP contribution in [-0.2, 0) is 26.6 Å². The minimum atomic E-state index is -2.83. The Morgan fingerprint density at radius 2 is 1.17 bits per heavy atom. The van der Waals surface area contributed by atoms with Crippen LogP contribution in [0.15, 0.2) is 0 Å². The summed E-state index contributed by atoms with van der Waals surface area (Å²) in [6.07, 6.45) is 0.573. The molecule has 7 nitrogen and oxygen atoms in total. The minimum Gasteiger partial charge on any atom is -0.377 e. The quantitative estimate of drug-likeness (QED) is 0.569. The maximum absolute atomic E-state index is 6.10. The van der Waals surface area contributed by atoms with Gasteiger partial charge in [-0.25, -0.2) is 0 Å². The smallest absolute Gasteiger partial charge is 0.377 e. The van der Waals surface area contributed by atoms with Gasteiger partial charge in [-0.05, 0) is 6.42 Å². The lowest BCUT2D eigenvalue weighted by molar-refractivity contribution is 0.106. The lowest BCUT2D eigenvalue weighted by Crippen LogP contribution is -2.59. The molecule has 18 heavy (non-hydrogen) atoms. The third-order valence-corrected chi connectivity index (χ3v) is 8.67. The SMILES string of the molecule is CO[Si](CCC(N)[Si](OC)(OC)OC)(OC)OC. The average Bonchev–Trinajstić information content (AvgIpc) is 2.43. The molecule has 0 aromatic rings. The molecule has 0 fully saturated rings. The molecule has 0 bridgehead atoms. The molecule has 0 radical (unpaired) electrons. The van der Waals surface area contributed by atoms with E-state index < -0.39 is 17.6 Å². The highest BCUT2D eigenvalue weighted by Crippen LogP contribution is 2.20. The summed E-state index contributed by atoms with van der Waals surface area (Å²) < 4.78 is 32.0. The summed E-state index contributed by atoms with van der Waals surface area (Å²) in [6, 6.07) is 0.572. The molecule has 1 unspecified atom stereocenters. The summed E-state index contributed by atoms with van der Waals surface area (Å²) in [5, 5.41) is 0. The van der Waals surface area contributed by atoms with E-state index in [9.17, 15) is 0 Å². The first kappa shape index (κ1) is 18.2. The van der Waals surface area contributed by atoms with Gasteiger partial charge in [-0.15, -0.1) is 0 Å². The van der Waals surface area contributed by atoms with Crippen LogP contribution in [0.2, 0.25) is 6.04 Å². The van der Waals surface area contributed by atoms with Crippen molar-refractivity contribution in [3.05, 3.63) is 0 Å². The number of hydrogen-bond acceptors (Lipinski definition) is 7. The predicted molar refractivity (Wildman–Crippen MR) is 71.0 cm³/mol. The van der Waals surface area contributed by atoms with Crippen LogP contribution in [0, 0.1) is 0 Å². The Hall–Kier alpha value is 0.154. The largest absolute Gasteiger partial charge is 0.517 e. The fraction of sp³-hybridized carbons (Fsp3) is 1.00. The van der Waals surface area contributed by atoms with E-state index in [1.807, 2.05) is 0 Å². The molecule has 0 amide bonds. The van der Waals surface area contributed by atoms with Crippen LogP contribution in [0.5, 0.6) is 0 Å². The van der Waals surface area contributed by atoms with Crippen LogP contribution < -0.4 is 5.73 Å². The molecule has 1 atom stereocenters. The van der Waals surface area contributed by atoms with E-state index >= 15 is 0 Å². The summed E-state index contributed by atoms with van der Waals surface area (Å²) in [7, 11) is 3.86. The topological polar surface area (TPSA) is 81.4 Å². The molecular formula is C9H25NO6Si2. The molecule has 0 aliphatic rings. The molecule has 0 aliphatic heterocycles. The molecule has 0 saturated heterocycles. The van der Waals surface area contributed by atoms with Gasteiger partial charge in [-0.2, -0.15) is 0 Å². The Labute approximate surface area is 111 Å². The highest BCUT2D eigenvalue weighted by molar-refractivity contribution is 6.63. The third kappa shape index (κ3) is 4.08. The summed E-state index contributed by atoms with van der Waals surface area (Å²) in [4.78, 5) is 0.